The van der Waals surface area contributed by atoms with Crippen molar-refractivity contribution in [2.24, 2.45) is 0 Å². The molecule has 176 valence electrons. The molecule has 3 aromatic rings. The number of benzene rings is 2. The van der Waals surface area contributed by atoms with Crippen molar-refractivity contribution in [2.45, 2.75) is 39.2 Å². The second kappa shape index (κ2) is 8.65. The Morgan fingerprint density at radius 2 is 1.79 bits per heavy atom. The molecular weight excluding hydrogens is 456 g/mol. The first-order valence-electron chi connectivity index (χ1n) is 10.7. The van der Waals surface area contributed by atoms with Crippen LogP contribution in [-0.4, -0.2) is 29.1 Å². The highest BCUT2D eigenvalue weighted by Crippen LogP contribution is 2.43. The molecule has 0 radical (unpaired) electrons. The van der Waals surface area contributed by atoms with Crippen LogP contribution < -0.4 is 9.64 Å². The van der Waals surface area contributed by atoms with Crippen molar-refractivity contribution in [3.8, 4) is 5.75 Å². The lowest BCUT2D eigenvalue weighted by Gasteiger charge is -2.24. The number of carbonyl (C=O) groups is 2. The summed E-state index contributed by atoms with van der Waals surface area (Å²) in [5.41, 5.74) is 1.89. The predicted octanol–water partition coefficient (Wildman–Crippen LogP) is 5.57. The largest absolute Gasteiger partial charge is 0.507 e. The van der Waals surface area contributed by atoms with Crippen LogP contribution in [0.5, 0.6) is 5.75 Å². The van der Waals surface area contributed by atoms with Crippen molar-refractivity contribution in [3.63, 3.8) is 0 Å². The molecule has 2 aromatic carbocycles. The molecule has 34 heavy (non-hydrogen) atoms. The summed E-state index contributed by atoms with van der Waals surface area (Å²) in [5, 5.41) is 15.4. The van der Waals surface area contributed by atoms with E-state index in [2.05, 4.69) is 25.9 Å². The van der Waals surface area contributed by atoms with Crippen LogP contribution in [0.2, 0.25) is 5.02 Å². The summed E-state index contributed by atoms with van der Waals surface area (Å²) >= 11 is 6.24. The summed E-state index contributed by atoms with van der Waals surface area (Å²) in [6.07, 6.45) is 0. The summed E-state index contributed by atoms with van der Waals surface area (Å²) in [6.45, 7) is 7.98. The van der Waals surface area contributed by atoms with Gasteiger partial charge in [0.15, 0.2) is 5.82 Å². The maximum absolute atomic E-state index is 13.2. The van der Waals surface area contributed by atoms with Gasteiger partial charge in [0.25, 0.3) is 5.78 Å². The fourth-order valence-electron chi connectivity index (χ4n) is 3.99. The molecule has 0 bridgehead atoms. The van der Waals surface area contributed by atoms with Crippen LogP contribution in [0.15, 0.2) is 58.6 Å². The van der Waals surface area contributed by atoms with Gasteiger partial charge in [0.2, 0.25) is 0 Å². The van der Waals surface area contributed by atoms with Gasteiger partial charge >= 0.3 is 5.91 Å². The zero-order valence-corrected chi connectivity index (χ0v) is 20.3. The molecule has 8 heteroatoms. The minimum absolute atomic E-state index is 0.0598. The molecule has 2 heterocycles. The van der Waals surface area contributed by atoms with E-state index >= 15 is 0 Å². The molecule has 1 amide bonds. The molecule has 4 rings (SSSR count). The van der Waals surface area contributed by atoms with E-state index in [0.29, 0.717) is 17.1 Å². The number of halogens is 1. The van der Waals surface area contributed by atoms with E-state index in [1.165, 1.54) is 18.1 Å². The first-order valence-corrected chi connectivity index (χ1v) is 11.1. The van der Waals surface area contributed by atoms with Crippen molar-refractivity contribution in [1.82, 2.24) is 5.16 Å². The van der Waals surface area contributed by atoms with Gasteiger partial charge in [-0.3, -0.25) is 14.5 Å². The summed E-state index contributed by atoms with van der Waals surface area (Å²) < 4.78 is 10.3. The SMILES string of the molecule is COc1ccc(C(O)=C2C(=O)C(=O)N(c3cc(C)on3)[C@H]2c2ccc(C(C)(C)C)cc2)cc1Cl. The van der Waals surface area contributed by atoms with Crippen molar-refractivity contribution >= 4 is 34.9 Å². The minimum atomic E-state index is -0.903. The Morgan fingerprint density at radius 3 is 2.32 bits per heavy atom. The molecular formula is C26H25ClN2O5. The number of rotatable bonds is 4. The van der Waals surface area contributed by atoms with Crippen LogP contribution in [0.25, 0.3) is 5.76 Å². The van der Waals surface area contributed by atoms with Crippen LogP contribution in [0.4, 0.5) is 5.82 Å². The lowest BCUT2D eigenvalue weighted by Crippen LogP contribution is -2.29. The quantitative estimate of drug-likeness (QED) is 0.298. The molecule has 0 saturated carbocycles. The van der Waals surface area contributed by atoms with Crippen molar-refractivity contribution < 1.29 is 24.0 Å². The fourth-order valence-corrected chi connectivity index (χ4v) is 4.24. The third-order valence-electron chi connectivity index (χ3n) is 5.82. The number of aliphatic hydroxyl groups is 1. The van der Waals surface area contributed by atoms with Gasteiger partial charge in [-0.05, 0) is 41.7 Å². The molecule has 0 aliphatic carbocycles. The fraction of sp³-hybridized carbons (Fsp3) is 0.269. The lowest BCUT2D eigenvalue weighted by molar-refractivity contribution is -0.132. The highest BCUT2D eigenvalue weighted by molar-refractivity contribution is 6.51. The average Bonchev–Trinajstić information content (AvgIpc) is 3.33. The second-order valence-corrected chi connectivity index (χ2v) is 9.59. The number of carbonyl (C=O) groups excluding carboxylic acids is 2. The monoisotopic (exact) mass is 480 g/mol. The van der Waals surface area contributed by atoms with Crippen molar-refractivity contribution in [3.05, 3.63) is 81.6 Å². The molecule has 7 nitrogen and oxygen atoms in total. The number of aliphatic hydroxyl groups excluding tert-OH is 1. The highest BCUT2D eigenvalue weighted by Gasteiger charge is 2.48. The molecule has 1 fully saturated rings. The second-order valence-electron chi connectivity index (χ2n) is 9.19. The van der Waals surface area contributed by atoms with Crippen molar-refractivity contribution in [2.75, 3.05) is 12.0 Å². The molecule has 0 spiro atoms. The number of hydrogen-bond acceptors (Lipinski definition) is 6. The predicted molar refractivity (Wildman–Crippen MR) is 129 cm³/mol. The summed E-state index contributed by atoms with van der Waals surface area (Å²) in [5.74, 6) is -0.868. The molecule has 0 unspecified atom stereocenters. The molecule has 1 saturated heterocycles. The van der Waals surface area contributed by atoms with E-state index in [1.54, 1.807) is 25.1 Å². The number of hydrogen-bond donors (Lipinski definition) is 1. The van der Waals surface area contributed by atoms with Crippen LogP contribution >= 0.6 is 11.6 Å². The van der Waals surface area contributed by atoms with Gasteiger partial charge in [0.1, 0.15) is 17.3 Å². The smallest absolute Gasteiger partial charge is 0.301 e. The first-order chi connectivity index (χ1) is 16.0. The number of ketones is 1. The molecule has 1 atom stereocenters. The van der Waals surface area contributed by atoms with Crippen LogP contribution in [-0.2, 0) is 15.0 Å². The van der Waals surface area contributed by atoms with Gasteiger partial charge < -0.3 is 14.4 Å². The summed E-state index contributed by atoms with van der Waals surface area (Å²) in [6, 6.07) is 12.9. The maximum Gasteiger partial charge on any atom is 0.301 e. The van der Waals surface area contributed by atoms with E-state index in [-0.39, 0.29) is 33.2 Å². The van der Waals surface area contributed by atoms with Crippen LogP contribution in [0.3, 0.4) is 0 Å². The number of Topliss-reactive ketones (excluding diaryl/α,β-unsaturated/α-hetero) is 1. The first kappa shape index (κ1) is 23.6. The van der Waals surface area contributed by atoms with Gasteiger partial charge in [-0.1, -0.05) is 61.8 Å². The number of amides is 1. The van der Waals surface area contributed by atoms with Crippen LogP contribution in [0.1, 0.15) is 49.3 Å². The zero-order valence-electron chi connectivity index (χ0n) is 19.5. The topological polar surface area (TPSA) is 92.9 Å². The third kappa shape index (κ3) is 4.07. The van der Waals surface area contributed by atoms with E-state index in [9.17, 15) is 14.7 Å². The van der Waals surface area contributed by atoms with Gasteiger partial charge in [0.05, 0.1) is 23.7 Å². The molecule has 1 N–H and O–H groups in total. The molecule has 1 aliphatic rings. The van der Waals surface area contributed by atoms with Gasteiger partial charge in [-0.25, -0.2) is 0 Å². The van der Waals surface area contributed by atoms with Crippen LogP contribution in [0, 0.1) is 6.92 Å². The van der Waals surface area contributed by atoms with E-state index < -0.39 is 17.7 Å². The normalized spacial score (nSPS) is 17.9. The summed E-state index contributed by atoms with van der Waals surface area (Å²) in [7, 11) is 1.48. The van der Waals surface area contributed by atoms with Gasteiger partial charge in [-0.2, -0.15) is 0 Å². The standard InChI is InChI=1S/C26H25ClN2O5/c1-14-12-20(28-34-14)29-22(15-6-9-17(10-7-15)26(2,3)4)21(24(31)25(29)32)23(30)16-8-11-19(33-5)18(27)13-16/h6-13,22,30H,1-5H3/t22-/m0/s1. The number of methoxy groups -OCH3 is 1. The Balaban J connectivity index is 1.91. The number of aromatic nitrogens is 1. The molecule has 1 aliphatic heterocycles. The van der Waals surface area contributed by atoms with E-state index in [4.69, 9.17) is 20.9 Å². The maximum atomic E-state index is 13.2. The Kier molecular flexibility index (Phi) is 6.00. The highest BCUT2D eigenvalue weighted by atomic mass is 35.5. The Morgan fingerprint density at radius 1 is 1.12 bits per heavy atom. The van der Waals surface area contributed by atoms with Crippen molar-refractivity contribution in [1.29, 1.82) is 0 Å². The number of ether oxygens (including phenoxy) is 1. The zero-order chi connectivity index (χ0) is 24.8. The Hall–Kier alpha value is -3.58. The Bertz CT molecular complexity index is 1300. The lowest BCUT2D eigenvalue weighted by atomic mass is 9.85. The van der Waals surface area contributed by atoms with E-state index in [0.717, 1.165) is 5.56 Å². The number of aryl methyl sites for hydroxylation is 1. The summed E-state index contributed by atoms with van der Waals surface area (Å²) in [4.78, 5) is 27.6. The van der Waals surface area contributed by atoms with Gasteiger partial charge in [0, 0.05) is 11.6 Å². The number of nitrogens with zero attached hydrogens (tertiary/aromatic N) is 2. The Labute approximate surface area is 202 Å². The number of anilines is 1. The molecule has 1 aromatic heterocycles. The van der Waals surface area contributed by atoms with E-state index in [1.807, 2.05) is 24.3 Å². The third-order valence-corrected chi connectivity index (χ3v) is 6.12. The average molecular weight is 481 g/mol. The van der Waals surface area contributed by atoms with Gasteiger partial charge in [-0.15, -0.1) is 0 Å². The minimum Gasteiger partial charge on any atom is -0.507 e.